The van der Waals surface area contributed by atoms with Crippen LogP contribution in [0.25, 0.3) is 0 Å². The van der Waals surface area contributed by atoms with E-state index in [1.165, 1.54) is 12.8 Å². The van der Waals surface area contributed by atoms with Gasteiger partial charge in [-0.15, -0.1) is 0 Å². The minimum atomic E-state index is -0.347. The Balaban J connectivity index is 0.00000121. The summed E-state index contributed by atoms with van der Waals surface area (Å²) in [7, 11) is -0.347. The van der Waals surface area contributed by atoms with Crippen molar-refractivity contribution in [2.24, 2.45) is 0 Å². The summed E-state index contributed by atoms with van der Waals surface area (Å²) in [5.74, 6) is 0. The summed E-state index contributed by atoms with van der Waals surface area (Å²) in [4.78, 5) is 0. The van der Waals surface area contributed by atoms with Crippen molar-refractivity contribution < 1.29 is 24.0 Å². The lowest BCUT2D eigenvalue weighted by molar-refractivity contribution is -0.00000258. The molecule has 0 radical (unpaired) electrons. The highest BCUT2D eigenvalue weighted by Crippen LogP contribution is 2.64. The van der Waals surface area contributed by atoms with Gasteiger partial charge in [0.15, 0.2) is 0 Å². The summed E-state index contributed by atoms with van der Waals surface area (Å²) < 4.78 is 0. The lowest BCUT2D eigenvalue weighted by Gasteiger charge is -2.20. The molecule has 0 bridgehead atoms. The maximum atomic E-state index is 2.36. The zero-order valence-electron chi connectivity index (χ0n) is 8.48. The maximum Gasteiger partial charge on any atom is 0.0595 e. The molecule has 0 aromatic heterocycles. The fraction of sp³-hybridized carbons (Fsp3) is 1.00. The molecule has 1 saturated heterocycles. The molecule has 74 valence electrons. The van der Waals surface area contributed by atoms with Gasteiger partial charge in [-0.2, -0.15) is 0 Å². The molecule has 1 aliphatic rings. The van der Waals surface area contributed by atoms with Crippen molar-refractivity contribution in [2.45, 2.75) is 39.5 Å². The first kappa shape index (κ1) is 13.2. The van der Waals surface area contributed by atoms with Gasteiger partial charge in [0.1, 0.15) is 0 Å². The van der Waals surface area contributed by atoms with Gasteiger partial charge in [0, 0.05) is 7.26 Å². The topological polar surface area (TPSA) is 0 Å². The molecule has 2 heteroatoms. The summed E-state index contributed by atoms with van der Waals surface area (Å²) in [5, 5.41) is 0. The maximum absolute atomic E-state index is 2.36. The highest BCUT2D eigenvalue weighted by Gasteiger charge is 2.38. The Hall–Kier alpha value is 1.16. The second kappa shape index (κ2) is 6.59. The number of halogens is 1. The minimum Gasteiger partial charge on any atom is -1.00 e. The summed E-state index contributed by atoms with van der Waals surface area (Å²) in [6.45, 7) is 4.71. The Morgan fingerprint density at radius 2 is 1.33 bits per heavy atom. The zero-order valence-corrected chi connectivity index (χ0v) is 11.5. The fourth-order valence-corrected chi connectivity index (χ4v) is 7.54. The molecule has 1 rings (SSSR count). The van der Waals surface area contributed by atoms with Crippen molar-refractivity contribution in [2.75, 3.05) is 24.6 Å². The van der Waals surface area contributed by atoms with Gasteiger partial charge in [-0.3, -0.25) is 0 Å². The molecule has 0 spiro atoms. The second-order valence-corrected chi connectivity index (χ2v) is 8.42. The van der Waals surface area contributed by atoms with E-state index in [4.69, 9.17) is 0 Å². The Kier molecular flexibility index (Phi) is 7.23. The largest absolute Gasteiger partial charge is 1.00 e. The summed E-state index contributed by atoms with van der Waals surface area (Å²) in [6.07, 6.45) is 12.4. The van der Waals surface area contributed by atoms with Crippen LogP contribution in [0.1, 0.15) is 39.5 Å². The van der Waals surface area contributed by atoms with Gasteiger partial charge in [0.25, 0.3) is 0 Å². The van der Waals surface area contributed by atoms with Gasteiger partial charge in [-0.25, -0.2) is 0 Å². The molecular weight excluding hydrogens is 278 g/mol. The van der Waals surface area contributed by atoms with Crippen LogP contribution in [0.2, 0.25) is 0 Å². The van der Waals surface area contributed by atoms with E-state index in [0.29, 0.717) is 0 Å². The third-order valence-electron chi connectivity index (χ3n) is 2.91. The SMILES string of the molecule is CCC[P+]1(CCC)CCCC1.[I-]. The predicted octanol–water partition coefficient (Wildman–Crippen LogP) is 0.622. The van der Waals surface area contributed by atoms with E-state index in [-0.39, 0.29) is 31.2 Å². The lowest BCUT2D eigenvalue weighted by atomic mass is 10.4. The van der Waals surface area contributed by atoms with Crippen molar-refractivity contribution in [3.05, 3.63) is 0 Å². The molecule has 0 amide bonds. The first-order chi connectivity index (χ1) is 5.33. The Labute approximate surface area is 95.2 Å². The van der Waals surface area contributed by atoms with Crippen LogP contribution in [0.15, 0.2) is 0 Å². The molecule has 1 fully saturated rings. The van der Waals surface area contributed by atoms with Crippen LogP contribution in [0.4, 0.5) is 0 Å². The van der Waals surface area contributed by atoms with Crippen molar-refractivity contribution in [3.8, 4) is 0 Å². The first-order valence-corrected chi connectivity index (χ1v) is 7.71. The van der Waals surface area contributed by atoms with Crippen molar-refractivity contribution >= 4 is 7.26 Å². The molecular formula is C10H22IP. The van der Waals surface area contributed by atoms with E-state index in [0.717, 1.165) is 0 Å². The van der Waals surface area contributed by atoms with Crippen LogP contribution in [0.5, 0.6) is 0 Å². The van der Waals surface area contributed by atoms with Gasteiger partial charge >= 0.3 is 0 Å². The highest BCUT2D eigenvalue weighted by molar-refractivity contribution is 7.76. The molecule has 0 unspecified atom stereocenters. The van der Waals surface area contributed by atoms with E-state index in [9.17, 15) is 0 Å². The molecule has 0 N–H and O–H groups in total. The Morgan fingerprint density at radius 1 is 0.917 bits per heavy atom. The molecule has 0 nitrogen and oxygen atoms in total. The smallest absolute Gasteiger partial charge is 0.0595 e. The lowest BCUT2D eigenvalue weighted by Crippen LogP contribution is -3.00. The Bertz CT molecular complexity index is 100. The first-order valence-electron chi connectivity index (χ1n) is 5.18. The van der Waals surface area contributed by atoms with Gasteiger partial charge < -0.3 is 24.0 Å². The van der Waals surface area contributed by atoms with Crippen molar-refractivity contribution in [3.63, 3.8) is 0 Å². The van der Waals surface area contributed by atoms with E-state index < -0.39 is 0 Å². The van der Waals surface area contributed by atoms with Crippen LogP contribution in [-0.4, -0.2) is 24.6 Å². The molecule has 0 saturated carbocycles. The zero-order chi connectivity index (χ0) is 8.16. The summed E-state index contributed by atoms with van der Waals surface area (Å²) >= 11 is 0. The fourth-order valence-electron chi connectivity index (χ4n) is 2.51. The molecule has 0 atom stereocenters. The standard InChI is InChI=1S/C10H22P.HI/c1-3-7-11(8-4-2)9-5-6-10-11;/h3-10H2,1-2H3;1H/q+1;/p-1. The average molecular weight is 300 g/mol. The summed E-state index contributed by atoms with van der Waals surface area (Å²) in [6, 6.07) is 0. The third kappa shape index (κ3) is 3.49. The van der Waals surface area contributed by atoms with Crippen LogP contribution in [0.3, 0.4) is 0 Å². The highest BCUT2D eigenvalue weighted by atomic mass is 127. The number of rotatable bonds is 4. The number of hydrogen-bond acceptors (Lipinski definition) is 0. The monoisotopic (exact) mass is 300 g/mol. The van der Waals surface area contributed by atoms with E-state index >= 15 is 0 Å². The van der Waals surface area contributed by atoms with Crippen molar-refractivity contribution in [1.82, 2.24) is 0 Å². The minimum absolute atomic E-state index is 0. The van der Waals surface area contributed by atoms with Crippen LogP contribution in [0, 0.1) is 0 Å². The molecule has 0 aliphatic carbocycles. The molecule has 0 aromatic carbocycles. The van der Waals surface area contributed by atoms with Crippen LogP contribution in [-0.2, 0) is 0 Å². The molecule has 1 aliphatic heterocycles. The van der Waals surface area contributed by atoms with Crippen LogP contribution >= 0.6 is 7.26 Å². The quantitative estimate of drug-likeness (QED) is 0.527. The van der Waals surface area contributed by atoms with E-state index in [2.05, 4.69) is 13.8 Å². The molecule has 1 heterocycles. The van der Waals surface area contributed by atoms with Gasteiger partial charge in [-0.05, 0) is 25.7 Å². The summed E-state index contributed by atoms with van der Waals surface area (Å²) in [5.41, 5.74) is 0. The molecule has 0 aromatic rings. The third-order valence-corrected chi connectivity index (χ3v) is 8.23. The van der Waals surface area contributed by atoms with Gasteiger partial charge in [-0.1, -0.05) is 13.8 Å². The predicted molar refractivity (Wildman–Crippen MR) is 56.2 cm³/mol. The van der Waals surface area contributed by atoms with Gasteiger partial charge in [0.2, 0.25) is 0 Å². The van der Waals surface area contributed by atoms with E-state index in [1.54, 1.807) is 37.5 Å². The molecule has 12 heavy (non-hydrogen) atoms. The van der Waals surface area contributed by atoms with Crippen LogP contribution < -0.4 is 24.0 Å². The van der Waals surface area contributed by atoms with Gasteiger partial charge in [0.05, 0.1) is 24.6 Å². The van der Waals surface area contributed by atoms with Crippen molar-refractivity contribution in [1.29, 1.82) is 0 Å². The second-order valence-electron chi connectivity index (χ2n) is 3.94. The number of hydrogen-bond donors (Lipinski definition) is 0. The normalized spacial score (nSPS) is 20.5. The average Bonchev–Trinajstić information content (AvgIpc) is 2.39. The van der Waals surface area contributed by atoms with E-state index in [1.807, 2.05) is 0 Å². The Morgan fingerprint density at radius 3 is 1.67 bits per heavy atom.